The first-order chi connectivity index (χ1) is 10.1. The van der Waals surface area contributed by atoms with Gasteiger partial charge in [-0.05, 0) is 57.0 Å². The van der Waals surface area contributed by atoms with Crippen LogP contribution in [-0.4, -0.2) is 34.4 Å². The van der Waals surface area contributed by atoms with Crippen molar-refractivity contribution in [2.75, 3.05) is 7.05 Å². The molecule has 0 saturated carbocycles. The number of aryl methyl sites for hydroxylation is 1. The molecule has 0 amide bonds. The fourth-order valence-electron chi connectivity index (χ4n) is 4.30. The summed E-state index contributed by atoms with van der Waals surface area (Å²) in [6, 6.07) is 9.48. The lowest BCUT2D eigenvalue weighted by molar-refractivity contribution is 0.0767. The molecule has 21 heavy (non-hydrogen) atoms. The first-order valence-corrected chi connectivity index (χ1v) is 7.94. The van der Waals surface area contributed by atoms with E-state index in [0.717, 1.165) is 18.4 Å². The molecule has 0 radical (unpaired) electrons. The molecule has 2 atom stereocenters. The highest BCUT2D eigenvalue weighted by Gasteiger charge is 2.40. The van der Waals surface area contributed by atoms with Crippen molar-refractivity contribution in [3.05, 3.63) is 36.0 Å². The molecule has 1 aromatic carbocycles. The van der Waals surface area contributed by atoms with Crippen LogP contribution in [0.15, 0.2) is 30.5 Å². The Morgan fingerprint density at radius 1 is 1.10 bits per heavy atom. The maximum Gasteiger partial charge on any atom is 0.166 e. The monoisotopic (exact) mass is 282 g/mol. The van der Waals surface area contributed by atoms with Crippen LogP contribution in [0.25, 0.3) is 10.9 Å². The Morgan fingerprint density at radius 2 is 1.81 bits per heavy atom. The zero-order valence-electron chi connectivity index (χ0n) is 12.7. The lowest BCUT2D eigenvalue weighted by atomic mass is 9.85. The Bertz CT molecular complexity index is 688. The van der Waals surface area contributed by atoms with Crippen molar-refractivity contribution in [3.63, 3.8) is 0 Å². The molecule has 2 aliphatic heterocycles. The molecule has 3 heteroatoms. The zero-order valence-corrected chi connectivity index (χ0v) is 12.7. The molecule has 1 aromatic heterocycles. The fourth-order valence-corrected chi connectivity index (χ4v) is 4.30. The molecule has 2 bridgehead atoms. The number of hydrogen-bond donors (Lipinski definition) is 0. The summed E-state index contributed by atoms with van der Waals surface area (Å²) in [6.07, 6.45) is 6.66. The number of piperidine rings is 1. The number of fused-ring (bicyclic) bond motifs is 3. The third-order valence-corrected chi connectivity index (χ3v) is 5.64. The molecular formula is C18H22N2O. The summed E-state index contributed by atoms with van der Waals surface area (Å²) in [7, 11) is 4.26. The summed E-state index contributed by atoms with van der Waals surface area (Å²) in [4.78, 5) is 15.3. The lowest BCUT2D eigenvalue weighted by Gasteiger charge is -2.35. The van der Waals surface area contributed by atoms with Gasteiger partial charge in [0, 0.05) is 47.7 Å². The van der Waals surface area contributed by atoms with Gasteiger partial charge in [-0.15, -0.1) is 0 Å². The number of nitrogens with zero attached hydrogens (tertiary/aromatic N) is 2. The van der Waals surface area contributed by atoms with Crippen LogP contribution in [-0.2, 0) is 7.05 Å². The van der Waals surface area contributed by atoms with Crippen molar-refractivity contribution < 1.29 is 4.79 Å². The van der Waals surface area contributed by atoms with E-state index in [1.807, 2.05) is 13.1 Å². The summed E-state index contributed by atoms with van der Waals surface area (Å²) in [6.45, 7) is 0. The van der Waals surface area contributed by atoms with Gasteiger partial charge in [0.2, 0.25) is 0 Å². The summed E-state index contributed by atoms with van der Waals surface area (Å²) >= 11 is 0. The Kier molecular flexibility index (Phi) is 2.93. The van der Waals surface area contributed by atoms with Crippen molar-refractivity contribution in [3.8, 4) is 0 Å². The van der Waals surface area contributed by atoms with Gasteiger partial charge in [0.15, 0.2) is 5.78 Å². The minimum Gasteiger partial charge on any atom is -0.351 e. The van der Waals surface area contributed by atoms with E-state index < -0.39 is 0 Å². The third-order valence-electron chi connectivity index (χ3n) is 5.64. The quantitative estimate of drug-likeness (QED) is 0.790. The van der Waals surface area contributed by atoms with Crippen molar-refractivity contribution in [1.82, 2.24) is 9.47 Å². The smallest absolute Gasteiger partial charge is 0.166 e. The molecular weight excluding hydrogens is 260 g/mol. The Morgan fingerprint density at radius 3 is 2.52 bits per heavy atom. The molecule has 2 aliphatic rings. The highest BCUT2D eigenvalue weighted by atomic mass is 16.1. The first-order valence-electron chi connectivity index (χ1n) is 7.94. The second-order valence-electron chi connectivity index (χ2n) is 6.78. The Balaban J connectivity index is 1.61. The molecule has 110 valence electrons. The van der Waals surface area contributed by atoms with Gasteiger partial charge in [0.25, 0.3) is 0 Å². The molecule has 3 heterocycles. The standard InChI is InChI=1S/C18H22N2O/c1-19-8-7-12-9-13(3-6-17(12)19)18(21)14-10-15-4-5-16(11-14)20(15)2/h3,6-9,14-16H,4-5,10-11H2,1-2H3. The zero-order chi connectivity index (χ0) is 14.6. The van der Waals surface area contributed by atoms with E-state index in [-0.39, 0.29) is 5.92 Å². The van der Waals surface area contributed by atoms with Crippen LogP contribution in [0.1, 0.15) is 36.0 Å². The van der Waals surface area contributed by atoms with E-state index in [2.05, 4.69) is 40.9 Å². The molecule has 0 aliphatic carbocycles. The van der Waals surface area contributed by atoms with E-state index in [9.17, 15) is 4.79 Å². The number of carbonyl (C=O) groups excluding carboxylic acids is 1. The first kappa shape index (κ1) is 13.1. The van der Waals surface area contributed by atoms with Gasteiger partial charge in [-0.2, -0.15) is 0 Å². The van der Waals surface area contributed by atoms with E-state index in [1.165, 1.54) is 23.7 Å². The highest BCUT2D eigenvalue weighted by molar-refractivity contribution is 6.01. The van der Waals surface area contributed by atoms with Crippen molar-refractivity contribution in [2.45, 2.75) is 37.8 Å². The molecule has 4 rings (SSSR count). The number of ketones is 1. The number of carbonyl (C=O) groups is 1. The van der Waals surface area contributed by atoms with Crippen LogP contribution in [0.2, 0.25) is 0 Å². The summed E-state index contributed by atoms with van der Waals surface area (Å²) in [5.41, 5.74) is 2.08. The van der Waals surface area contributed by atoms with Gasteiger partial charge >= 0.3 is 0 Å². The number of aromatic nitrogens is 1. The van der Waals surface area contributed by atoms with Crippen molar-refractivity contribution in [2.24, 2.45) is 13.0 Å². The maximum atomic E-state index is 12.9. The lowest BCUT2D eigenvalue weighted by Crippen LogP contribution is -2.42. The van der Waals surface area contributed by atoms with Crippen LogP contribution in [0.5, 0.6) is 0 Å². The van der Waals surface area contributed by atoms with Gasteiger partial charge in [-0.3, -0.25) is 4.79 Å². The number of rotatable bonds is 2. The van der Waals surface area contributed by atoms with E-state index >= 15 is 0 Å². The van der Waals surface area contributed by atoms with Crippen molar-refractivity contribution >= 4 is 16.7 Å². The maximum absolute atomic E-state index is 12.9. The Hall–Kier alpha value is -1.61. The second-order valence-corrected chi connectivity index (χ2v) is 6.78. The Labute approximate surface area is 125 Å². The second kappa shape index (κ2) is 4.70. The number of benzene rings is 1. The van der Waals surface area contributed by atoms with E-state index in [1.54, 1.807) is 0 Å². The molecule has 2 aromatic rings. The fraction of sp³-hybridized carbons (Fsp3) is 0.500. The van der Waals surface area contributed by atoms with E-state index in [4.69, 9.17) is 0 Å². The highest BCUT2D eigenvalue weighted by Crippen LogP contribution is 2.38. The third kappa shape index (κ3) is 2.03. The van der Waals surface area contributed by atoms with Gasteiger partial charge in [0.1, 0.15) is 0 Å². The molecule has 2 saturated heterocycles. The predicted molar refractivity (Wildman–Crippen MR) is 84.5 cm³/mol. The summed E-state index contributed by atoms with van der Waals surface area (Å²) in [5, 5.41) is 1.17. The van der Waals surface area contributed by atoms with Crippen molar-refractivity contribution in [1.29, 1.82) is 0 Å². The topological polar surface area (TPSA) is 25.2 Å². The van der Waals surface area contributed by atoms with Gasteiger partial charge in [-0.1, -0.05) is 0 Å². The molecule has 0 spiro atoms. The predicted octanol–water partition coefficient (Wildman–Crippen LogP) is 3.23. The van der Waals surface area contributed by atoms with E-state index in [0.29, 0.717) is 17.9 Å². The minimum absolute atomic E-state index is 0.222. The number of hydrogen-bond acceptors (Lipinski definition) is 2. The molecule has 0 N–H and O–H groups in total. The van der Waals surface area contributed by atoms with Crippen LogP contribution in [0.4, 0.5) is 0 Å². The largest absolute Gasteiger partial charge is 0.351 e. The molecule has 2 unspecified atom stereocenters. The minimum atomic E-state index is 0.222. The average Bonchev–Trinajstić information content (AvgIpc) is 2.94. The van der Waals surface area contributed by atoms with Gasteiger partial charge in [-0.25, -0.2) is 0 Å². The summed E-state index contributed by atoms with van der Waals surface area (Å²) in [5.74, 6) is 0.575. The normalized spacial score (nSPS) is 29.1. The van der Waals surface area contributed by atoms with Gasteiger partial charge in [0.05, 0.1) is 0 Å². The molecule has 3 nitrogen and oxygen atoms in total. The SMILES string of the molecule is CN1C2CCC1CC(C(=O)c1ccc3c(ccn3C)c1)C2. The van der Waals surface area contributed by atoms with Crippen LogP contribution < -0.4 is 0 Å². The van der Waals surface area contributed by atoms with Crippen LogP contribution in [0.3, 0.4) is 0 Å². The van der Waals surface area contributed by atoms with Crippen LogP contribution >= 0.6 is 0 Å². The molecule has 2 fully saturated rings. The summed E-state index contributed by atoms with van der Waals surface area (Å²) < 4.78 is 2.10. The number of Topliss-reactive ketones (excluding diaryl/α,β-unsaturated/α-hetero) is 1. The van der Waals surface area contributed by atoms with Crippen LogP contribution in [0, 0.1) is 5.92 Å². The van der Waals surface area contributed by atoms with Gasteiger partial charge < -0.3 is 9.47 Å². The average molecular weight is 282 g/mol.